The number of aromatic nitrogens is 1. The Morgan fingerprint density at radius 1 is 1.73 bits per heavy atom. The average Bonchev–Trinajstić information content (AvgIpc) is 1.98. The summed E-state index contributed by atoms with van der Waals surface area (Å²) in [6, 6.07) is 1.84. The van der Waals surface area contributed by atoms with Gasteiger partial charge in [-0.05, 0) is 5.75 Å². The minimum Gasteiger partial charge on any atom is -0.244 e. The summed E-state index contributed by atoms with van der Waals surface area (Å²) in [5, 5.41) is 0.533. The predicted molar refractivity (Wildman–Crippen MR) is 51.0 cm³/mol. The molecule has 0 aliphatic heterocycles. The molecular weight excluding hydrogens is 176 g/mol. The van der Waals surface area contributed by atoms with Crippen LogP contribution in [-0.2, 0) is 0 Å². The predicted octanol–water partition coefficient (Wildman–Crippen LogP) is 1.64. The van der Waals surface area contributed by atoms with Gasteiger partial charge in [-0.2, -0.15) is 0 Å². The summed E-state index contributed by atoms with van der Waals surface area (Å²) in [6.07, 6.45) is 1.56. The van der Waals surface area contributed by atoms with Gasteiger partial charge in [0, 0.05) is 11.1 Å². The van der Waals surface area contributed by atoms with Crippen molar-refractivity contribution in [3.8, 4) is 0 Å². The molecule has 0 aliphatic carbocycles. The van der Waals surface area contributed by atoms with E-state index >= 15 is 0 Å². The van der Waals surface area contributed by atoms with Gasteiger partial charge in [-0.15, -0.1) is 11.8 Å². The monoisotopic (exact) mass is 183 g/mol. The van der Waals surface area contributed by atoms with Crippen LogP contribution in [0.5, 0.6) is 0 Å². The van der Waals surface area contributed by atoms with Crippen LogP contribution in [0, 0.1) is 0 Å². The second-order valence-electron chi connectivity index (χ2n) is 1.99. The van der Waals surface area contributed by atoms with Crippen LogP contribution in [0.25, 0.3) is 0 Å². The first-order valence-electron chi connectivity index (χ1n) is 3.28. The third-order valence-electron chi connectivity index (χ3n) is 1.13. The maximum atomic E-state index is 5.79. The van der Waals surface area contributed by atoms with E-state index in [0.717, 1.165) is 10.6 Å². The molecule has 0 N–H and O–H groups in total. The summed E-state index contributed by atoms with van der Waals surface area (Å²) in [5.74, 6) is 0.977. The smallest absolute Gasteiger partial charge is 0.142 e. The Hall–Kier alpha value is -0.145. The van der Waals surface area contributed by atoms with Crippen molar-refractivity contribution < 1.29 is 0 Å². The van der Waals surface area contributed by atoms with Crippen molar-refractivity contribution in [1.29, 1.82) is 0 Å². The molecule has 4 heteroatoms. The minimum atomic E-state index is 0.533. The van der Waals surface area contributed by atoms with Gasteiger partial charge >= 0.3 is 0 Å². The molecule has 0 aromatic carbocycles. The molecule has 1 heterocycles. The van der Waals surface area contributed by atoms with Crippen LogP contribution in [0.4, 0.5) is 0 Å². The lowest BCUT2D eigenvalue weighted by Crippen LogP contribution is -2.03. The van der Waals surface area contributed by atoms with Crippen molar-refractivity contribution in [2.45, 2.75) is 11.8 Å². The van der Waals surface area contributed by atoms with Crippen LogP contribution < -0.4 is 5.46 Å². The van der Waals surface area contributed by atoms with Gasteiger partial charge < -0.3 is 0 Å². The Bertz CT molecular complexity index is 254. The average molecular weight is 183 g/mol. The molecular formula is C7H7BClNS. The van der Waals surface area contributed by atoms with Gasteiger partial charge in [-0.3, -0.25) is 0 Å². The van der Waals surface area contributed by atoms with Crippen LogP contribution >= 0.6 is 23.4 Å². The highest BCUT2D eigenvalue weighted by Gasteiger charge is 1.99. The standard InChI is InChI=1S/C7H7BClNS/c1-2-11-6-3-5(8)4-10-7(6)9/h3-4H,2H2,1H3. The Morgan fingerprint density at radius 3 is 3.09 bits per heavy atom. The first-order chi connectivity index (χ1) is 5.24. The van der Waals surface area contributed by atoms with Gasteiger partial charge in [0.2, 0.25) is 0 Å². The van der Waals surface area contributed by atoms with Crippen molar-refractivity contribution in [2.75, 3.05) is 5.75 Å². The summed E-state index contributed by atoms with van der Waals surface area (Å²) in [7, 11) is 5.52. The van der Waals surface area contributed by atoms with Crippen molar-refractivity contribution in [3.63, 3.8) is 0 Å². The molecule has 0 spiro atoms. The number of hydrogen-bond acceptors (Lipinski definition) is 2. The largest absolute Gasteiger partial charge is 0.244 e. The maximum absolute atomic E-state index is 5.79. The van der Waals surface area contributed by atoms with Gasteiger partial charge in [0.05, 0.1) is 0 Å². The normalized spacial score (nSPS) is 10.0. The molecule has 1 aromatic rings. The Balaban J connectivity index is 2.93. The van der Waals surface area contributed by atoms with E-state index in [1.807, 2.05) is 6.07 Å². The summed E-state index contributed by atoms with van der Waals surface area (Å²) < 4.78 is 0. The number of rotatable bonds is 2. The van der Waals surface area contributed by atoms with E-state index in [1.165, 1.54) is 0 Å². The van der Waals surface area contributed by atoms with E-state index in [2.05, 4.69) is 11.9 Å². The lowest BCUT2D eigenvalue weighted by atomic mass is 9.99. The first kappa shape index (κ1) is 8.95. The van der Waals surface area contributed by atoms with Crippen LogP contribution in [0.15, 0.2) is 17.2 Å². The Morgan fingerprint density at radius 2 is 2.45 bits per heavy atom. The van der Waals surface area contributed by atoms with E-state index in [9.17, 15) is 0 Å². The van der Waals surface area contributed by atoms with Gasteiger partial charge in [-0.25, -0.2) is 4.98 Å². The van der Waals surface area contributed by atoms with Gasteiger partial charge in [0.15, 0.2) is 0 Å². The molecule has 0 aliphatic rings. The molecule has 2 radical (unpaired) electrons. The number of hydrogen-bond donors (Lipinski definition) is 0. The van der Waals surface area contributed by atoms with Crippen molar-refractivity contribution >= 4 is 36.7 Å². The molecule has 0 saturated carbocycles. The number of nitrogens with zero attached hydrogens (tertiary/aromatic N) is 1. The van der Waals surface area contributed by atoms with Crippen LogP contribution in [0.3, 0.4) is 0 Å². The van der Waals surface area contributed by atoms with Gasteiger partial charge in [0.25, 0.3) is 0 Å². The summed E-state index contributed by atoms with van der Waals surface area (Å²) >= 11 is 7.43. The van der Waals surface area contributed by atoms with Crippen LogP contribution in [0.1, 0.15) is 6.92 Å². The molecule has 0 bridgehead atoms. The number of halogens is 1. The maximum Gasteiger partial charge on any atom is 0.142 e. The zero-order valence-corrected chi connectivity index (χ0v) is 7.75. The molecule has 0 saturated heterocycles. The molecule has 0 amide bonds. The lowest BCUT2D eigenvalue weighted by molar-refractivity contribution is 1.25. The molecule has 0 unspecified atom stereocenters. The summed E-state index contributed by atoms with van der Waals surface area (Å²) in [4.78, 5) is 4.87. The zero-order valence-electron chi connectivity index (χ0n) is 6.17. The van der Waals surface area contributed by atoms with Gasteiger partial charge in [0.1, 0.15) is 13.0 Å². The first-order valence-corrected chi connectivity index (χ1v) is 4.64. The number of thioether (sulfide) groups is 1. The second kappa shape index (κ2) is 4.03. The number of pyridine rings is 1. The summed E-state index contributed by atoms with van der Waals surface area (Å²) in [6.45, 7) is 2.06. The molecule has 1 aromatic heterocycles. The van der Waals surface area contributed by atoms with Crippen LogP contribution in [-0.4, -0.2) is 18.6 Å². The van der Waals surface area contributed by atoms with Crippen molar-refractivity contribution in [1.82, 2.24) is 4.98 Å². The SMILES string of the molecule is [B]c1cnc(Cl)c(SCC)c1. The molecule has 11 heavy (non-hydrogen) atoms. The summed E-state index contributed by atoms with van der Waals surface area (Å²) in [5.41, 5.74) is 0.658. The fraction of sp³-hybridized carbons (Fsp3) is 0.286. The van der Waals surface area contributed by atoms with E-state index in [0.29, 0.717) is 10.6 Å². The fourth-order valence-electron chi connectivity index (χ4n) is 0.700. The molecule has 1 rings (SSSR count). The van der Waals surface area contributed by atoms with E-state index in [1.54, 1.807) is 18.0 Å². The topological polar surface area (TPSA) is 12.9 Å². The quantitative estimate of drug-likeness (QED) is 0.393. The molecule has 0 fully saturated rings. The third-order valence-corrected chi connectivity index (χ3v) is 2.45. The van der Waals surface area contributed by atoms with Crippen molar-refractivity contribution in [2.24, 2.45) is 0 Å². The molecule has 0 atom stereocenters. The third kappa shape index (κ3) is 2.42. The zero-order chi connectivity index (χ0) is 8.27. The van der Waals surface area contributed by atoms with E-state index in [-0.39, 0.29) is 0 Å². The highest BCUT2D eigenvalue weighted by Crippen LogP contribution is 2.22. The van der Waals surface area contributed by atoms with Crippen molar-refractivity contribution in [3.05, 3.63) is 17.4 Å². The minimum absolute atomic E-state index is 0.533. The molecule has 56 valence electrons. The van der Waals surface area contributed by atoms with Gasteiger partial charge in [-0.1, -0.05) is 30.1 Å². The van der Waals surface area contributed by atoms with Crippen LogP contribution in [0.2, 0.25) is 5.15 Å². The van der Waals surface area contributed by atoms with E-state index < -0.39 is 0 Å². The molecule has 1 nitrogen and oxygen atoms in total. The fourth-order valence-corrected chi connectivity index (χ4v) is 1.67. The Labute approximate surface area is 77.0 Å². The highest BCUT2D eigenvalue weighted by atomic mass is 35.5. The second-order valence-corrected chi connectivity index (χ2v) is 3.65. The Kier molecular flexibility index (Phi) is 3.27. The van der Waals surface area contributed by atoms with E-state index in [4.69, 9.17) is 19.4 Å². The lowest BCUT2D eigenvalue weighted by Gasteiger charge is -2.01. The highest BCUT2D eigenvalue weighted by molar-refractivity contribution is 7.99.